The molecule has 2 aromatic carbocycles. The highest BCUT2D eigenvalue weighted by atomic mass is 16.5. The molecule has 0 aromatic heterocycles. The number of amides is 1. The third-order valence-corrected chi connectivity index (χ3v) is 5.90. The normalized spacial score (nSPS) is 15.4. The fraction of sp³-hybridized carbons (Fsp3) is 0.458. The summed E-state index contributed by atoms with van der Waals surface area (Å²) in [4.78, 5) is 15.1. The lowest BCUT2D eigenvalue weighted by Gasteiger charge is -2.42. The Morgan fingerprint density at radius 1 is 1.06 bits per heavy atom. The molecular formula is C24H32N2O5. The summed E-state index contributed by atoms with van der Waals surface area (Å²) in [6.45, 7) is 2.30. The Balaban J connectivity index is 1.75. The molecule has 1 aliphatic rings. The predicted molar refractivity (Wildman–Crippen MR) is 119 cm³/mol. The summed E-state index contributed by atoms with van der Waals surface area (Å²) >= 11 is 0. The highest BCUT2D eigenvalue weighted by Gasteiger charge is 2.35. The summed E-state index contributed by atoms with van der Waals surface area (Å²) < 4.78 is 22.5. The number of likely N-dealkylation sites (N-methyl/N-ethyl adjacent to an activating group) is 1. The van der Waals surface area contributed by atoms with Crippen LogP contribution in [0.2, 0.25) is 0 Å². The van der Waals surface area contributed by atoms with Crippen molar-refractivity contribution in [3.05, 3.63) is 53.6 Å². The van der Waals surface area contributed by atoms with Crippen molar-refractivity contribution in [2.75, 3.05) is 48.1 Å². The first-order valence-electron chi connectivity index (χ1n) is 10.5. The van der Waals surface area contributed by atoms with Gasteiger partial charge in [0, 0.05) is 30.9 Å². The zero-order valence-electron chi connectivity index (χ0n) is 18.8. The topological polar surface area (TPSA) is 69.3 Å². The van der Waals surface area contributed by atoms with E-state index >= 15 is 0 Å². The monoisotopic (exact) mass is 428 g/mol. The van der Waals surface area contributed by atoms with E-state index in [1.807, 2.05) is 44.4 Å². The molecule has 3 rings (SSSR count). The van der Waals surface area contributed by atoms with Gasteiger partial charge in [-0.3, -0.25) is 4.79 Å². The Morgan fingerprint density at radius 2 is 1.68 bits per heavy atom. The molecule has 1 heterocycles. The molecule has 31 heavy (non-hydrogen) atoms. The standard InChI is InChI=1S/C24H32N2O5/c1-26(2)24(10-12-30-13-11-24)17-25-23(27)19-14-20(28-3)22(21(15-19)29-4)31-16-18-8-6-5-7-9-18/h5-9,14-15H,10-13,16-17H2,1-4H3,(H,25,27). The van der Waals surface area contributed by atoms with Crippen LogP contribution in [-0.4, -0.2) is 64.4 Å². The molecule has 7 heteroatoms. The summed E-state index contributed by atoms with van der Waals surface area (Å²) in [5, 5.41) is 3.08. The van der Waals surface area contributed by atoms with E-state index < -0.39 is 0 Å². The molecule has 0 unspecified atom stereocenters. The van der Waals surface area contributed by atoms with Crippen molar-refractivity contribution < 1.29 is 23.7 Å². The maximum atomic E-state index is 13.0. The molecule has 1 aliphatic heterocycles. The minimum Gasteiger partial charge on any atom is -0.493 e. The summed E-state index contributed by atoms with van der Waals surface area (Å²) in [6.07, 6.45) is 1.75. The van der Waals surface area contributed by atoms with Crippen LogP contribution in [0.15, 0.2) is 42.5 Å². The van der Waals surface area contributed by atoms with Gasteiger partial charge in [-0.05, 0) is 44.6 Å². The Labute approximate surface area is 184 Å². The molecule has 7 nitrogen and oxygen atoms in total. The Hall–Kier alpha value is -2.77. The second-order valence-corrected chi connectivity index (χ2v) is 7.90. The first kappa shape index (κ1) is 22.9. The molecule has 1 N–H and O–H groups in total. The van der Waals surface area contributed by atoms with Crippen LogP contribution in [0, 0.1) is 0 Å². The first-order valence-corrected chi connectivity index (χ1v) is 10.5. The minimum atomic E-state index is -0.182. The lowest BCUT2D eigenvalue weighted by Crippen LogP contribution is -2.55. The van der Waals surface area contributed by atoms with Gasteiger partial charge in [0.05, 0.1) is 14.2 Å². The van der Waals surface area contributed by atoms with Crippen LogP contribution in [0.25, 0.3) is 0 Å². The van der Waals surface area contributed by atoms with Gasteiger partial charge in [0.25, 0.3) is 5.91 Å². The molecule has 0 atom stereocenters. The van der Waals surface area contributed by atoms with Crippen molar-refractivity contribution >= 4 is 5.91 Å². The maximum Gasteiger partial charge on any atom is 0.251 e. The fourth-order valence-corrected chi connectivity index (χ4v) is 3.76. The van der Waals surface area contributed by atoms with E-state index in [-0.39, 0.29) is 11.4 Å². The Kier molecular flexibility index (Phi) is 7.76. The smallest absolute Gasteiger partial charge is 0.251 e. The number of carbonyl (C=O) groups excluding carboxylic acids is 1. The van der Waals surface area contributed by atoms with Crippen LogP contribution in [0.3, 0.4) is 0 Å². The number of nitrogens with one attached hydrogen (secondary N) is 1. The quantitative estimate of drug-likeness (QED) is 0.662. The first-order chi connectivity index (χ1) is 15.0. The van der Waals surface area contributed by atoms with Crippen molar-refractivity contribution in [2.45, 2.75) is 25.0 Å². The Bertz CT molecular complexity index is 839. The lowest BCUT2D eigenvalue weighted by atomic mass is 9.88. The summed E-state index contributed by atoms with van der Waals surface area (Å²) in [5.41, 5.74) is 1.38. The zero-order valence-corrected chi connectivity index (χ0v) is 18.8. The van der Waals surface area contributed by atoms with Gasteiger partial charge in [-0.1, -0.05) is 30.3 Å². The van der Waals surface area contributed by atoms with Crippen molar-refractivity contribution in [3.8, 4) is 17.2 Å². The molecule has 1 fully saturated rings. The van der Waals surface area contributed by atoms with Crippen LogP contribution in [0.5, 0.6) is 17.2 Å². The van der Waals surface area contributed by atoms with Crippen LogP contribution in [-0.2, 0) is 11.3 Å². The fourth-order valence-electron chi connectivity index (χ4n) is 3.76. The van der Waals surface area contributed by atoms with E-state index in [1.54, 1.807) is 26.4 Å². The van der Waals surface area contributed by atoms with E-state index in [9.17, 15) is 4.79 Å². The zero-order chi connectivity index (χ0) is 22.3. The van der Waals surface area contributed by atoms with Gasteiger partial charge in [0.15, 0.2) is 11.5 Å². The van der Waals surface area contributed by atoms with Crippen LogP contribution in [0.4, 0.5) is 0 Å². The number of carbonyl (C=O) groups is 1. The van der Waals surface area contributed by atoms with Crippen LogP contribution >= 0.6 is 0 Å². The number of benzene rings is 2. The highest BCUT2D eigenvalue weighted by Crippen LogP contribution is 2.39. The second-order valence-electron chi connectivity index (χ2n) is 7.90. The third kappa shape index (κ3) is 5.48. The average Bonchev–Trinajstić information content (AvgIpc) is 2.81. The maximum absolute atomic E-state index is 13.0. The van der Waals surface area contributed by atoms with Gasteiger partial charge in [0.2, 0.25) is 5.75 Å². The van der Waals surface area contributed by atoms with Crippen LogP contribution < -0.4 is 19.5 Å². The van der Waals surface area contributed by atoms with Crippen LogP contribution in [0.1, 0.15) is 28.8 Å². The molecule has 0 spiro atoms. The number of nitrogens with zero attached hydrogens (tertiary/aromatic N) is 1. The van der Waals surface area contributed by atoms with E-state index in [0.29, 0.717) is 49.2 Å². The predicted octanol–water partition coefficient (Wildman–Crippen LogP) is 3.12. The third-order valence-electron chi connectivity index (χ3n) is 5.90. The molecule has 168 valence electrons. The van der Waals surface area contributed by atoms with Gasteiger partial charge in [-0.25, -0.2) is 0 Å². The molecular weight excluding hydrogens is 396 g/mol. The van der Waals surface area contributed by atoms with Gasteiger partial charge >= 0.3 is 0 Å². The van der Waals surface area contributed by atoms with E-state index in [2.05, 4.69) is 10.2 Å². The molecule has 2 aromatic rings. The number of hydrogen-bond donors (Lipinski definition) is 1. The molecule has 0 bridgehead atoms. The van der Waals surface area contributed by atoms with Gasteiger partial charge in [-0.15, -0.1) is 0 Å². The molecule has 1 amide bonds. The highest BCUT2D eigenvalue weighted by molar-refractivity contribution is 5.95. The lowest BCUT2D eigenvalue weighted by molar-refractivity contribution is -0.00658. The Morgan fingerprint density at radius 3 is 2.23 bits per heavy atom. The largest absolute Gasteiger partial charge is 0.493 e. The summed E-state index contributed by atoms with van der Waals surface area (Å²) in [7, 11) is 7.19. The minimum absolute atomic E-state index is 0.110. The van der Waals surface area contributed by atoms with Crippen molar-refractivity contribution in [2.24, 2.45) is 0 Å². The van der Waals surface area contributed by atoms with Crippen molar-refractivity contribution in [3.63, 3.8) is 0 Å². The second kappa shape index (κ2) is 10.5. The summed E-state index contributed by atoms with van der Waals surface area (Å²) in [6, 6.07) is 13.2. The molecule has 0 saturated carbocycles. The average molecular weight is 429 g/mol. The van der Waals surface area contributed by atoms with E-state index in [1.165, 1.54) is 0 Å². The van der Waals surface area contributed by atoms with Gasteiger partial charge in [0.1, 0.15) is 6.61 Å². The van der Waals surface area contributed by atoms with Crippen molar-refractivity contribution in [1.29, 1.82) is 0 Å². The van der Waals surface area contributed by atoms with E-state index in [0.717, 1.165) is 18.4 Å². The van der Waals surface area contributed by atoms with E-state index in [4.69, 9.17) is 18.9 Å². The van der Waals surface area contributed by atoms with Gasteiger partial charge in [-0.2, -0.15) is 0 Å². The summed E-state index contributed by atoms with van der Waals surface area (Å²) in [5.74, 6) is 1.20. The molecule has 1 saturated heterocycles. The number of hydrogen-bond acceptors (Lipinski definition) is 6. The number of methoxy groups -OCH3 is 2. The molecule has 0 radical (unpaired) electrons. The number of rotatable bonds is 9. The molecule has 0 aliphatic carbocycles. The SMILES string of the molecule is COc1cc(C(=O)NCC2(N(C)C)CCOCC2)cc(OC)c1OCc1ccccc1. The van der Waals surface area contributed by atoms with Gasteiger partial charge < -0.3 is 29.2 Å². The number of ether oxygens (including phenoxy) is 4. The van der Waals surface area contributed by atoms with Crippen molar-refractivity contribution in [1.82, 2.24) is 10.2 Å².